The highest BCUT2D eigenvalue weighted by Gasteiger charge is 2.36. The topological polar surface area (TPSA) is 58.6 Å². The van der Waals surface area contributed by atoms with Crippen LogP contribution in [-0.2, 0) is 14.3 Å². The van der Waals surface area contributed by atoms with Crippen LogP contribution in [0.25, 0.3) is 0 Å². The number of nitrogens with one attached hydrogen (secondary N) is 1. The van der Waals surface area contributed by atoms with Crippen molar-refractivity contribution >= 4 is 29.7 Å². The summed E-state index contributed by atoms with van der Waals surface area (Å²) < 4.78 is 5.11. The number of rotatable bonds is 4. The van der Waals surface area contributed by atoms with Gasteiger partial charge < -0.3 is 10.1 Å². The van der Waals surface area contributed by atoms with Gasteiger partial charge >= 0.3 is 5.97 Å². The molecule has 6 heteroatoms. The second-order valence-corrected chi connectivity index (χ2v) is 4.90. The molecule has 5 nitrogen and oxygen atoms in total. The third-order valence-corrected chi connectivity index (χ3v) is 3.52. The summed E-state index contributed by atoms with van der Waals surface area (Å²) >= 11 is 5.18. The van der Waals surface area contributed by atoms with Crippen molar-refractivity contribution in [1.82, 2.24) is 10.2 Å². The number of hydrogen-bond acceptors (Lipinski definition) is 4. The summed E-state index contributed by atoms with van der Waals surface area (Å²) in [5.41, 5.74) is 1.80. The van der Waals surface area contributed by atoms with Crippen molar-refractivity contribution in [2.24, 2.45) is 0 Å². The van der Waals surface area contributed by atoms with Crippen LogP contribution in [0.2, 0.25) is 0 Å². The van der Waals surface area contributed by atoms with E-state index in [9.17, 15) is 9.59 Å². The van der Waals surface area contributed by atoms with Gasteiger partial charge in [-0.25, -0.2) is 4.79 Å². The molecule has 0 saturated heterocycles. The summed E-state index contributed by atoms with van der Waals surface area (Å²) in [5.74, 6) is -0.453. The lowest BCUT2D eigenvalue weighted by molar-refractivity contribution is -0.139. The minimum absolute atomic E-state index is 0.267. The van der Waals surface area contributed by atoms with Gasteiger partial charge in [0.2, 0.25) is 6.41 Å². The smallest absolute Gasteiger partial charge is 0.338 e. The van der Waals surface area contributed by atoms with Gasteiger partial charge in [-0.3, -0.25) is 9.69 Å². The maximum Gasteiger partial charge on any atom is 0.338 e. The summed E-state index contributed by atoms with van der Waals surface area (Å²) in [6.07, 6.45) is 0.624. The van der Waals surface area contributed by atoms with Crippen LogP contribution in [0.15, 0.2) is 41.6 Å². The van der Waals surface area contributed by atoms with E-state index in [4.69, 9.17) is 17.0 Å². The first kappa shape index (κ1) is 15.2. The highest BCUT2D eigenvalue weighted by atomic mass is 32.1. The van der Waals surface area contributed by atoms with Crippen molar-refractivity contribution in [3.8, 4) is 0 Å². The molecular formula is C15H16N2O3S. The molecule has 1 atom stereocenters. The van der Waals surface area contributed by atoms with E-state index in [0.29, 0.717) is 17.7 Å². The SMILES string of the molecule is CCOC(=O)C1=C(C)NC(=S)N(C=O)[C@@H]1c1ccccc1. The number of esters is 1. The van der Waals surface area contributed by atoms with E-state index in [1.165, 1.54) is 4.90 Å². The number of nitrogens with zero attached hydrogens (tertiary/aromatic N) is 1. The molecule has 0 spiro atoms. The fourth-order valence-corrected chi connectivity index (χ4v) is 2.60. The lowest BCUT2D eigenvalue weighted by Gasteiger charge is -2.35. The third kappa shape index (κ3) is 2.95. The molecule has 0 radical (unpaired) electrons. The minimum Gasteiger partial charge on any atom is -0.463 e. The molecule has 1 amide bonds. The number of benzene rings is 1. The number of allylic oxidation sites excluding steroid dienone is 1. The quantitative estimate of drug-likeness (QED) is 0.523. The Morgan fingerprint density at radius 3 is 2.67 bits per heavy atom. The van der Waals surface area contributed by atoms with Crippen LogP contribution in [0, 0.1) is 0 Å². The van der Waals surface area contributed by atoms with E-state index < -0.39 is 12.0 Å². The molecule has 0 saturated carbocycles. The van der Waals surface area contributed by atoms with Crippen LogP contribution < -0.4 is 5.32 Å². The number of hydrogen-bond donors (Lipinski definition) is 1. The molecule has 0 aliphatic carbocycles. The van der Waals surface area contributed by atoms with Gasteiger partial charge in [0, 0.05) is 5.70 Å². The first-order chi connectivity index (χ1) is 10.1. The Kier molecular flexibility index (Phi) is 4.70. The molecular weight excluding hydrogens is 288 g/mol. The first-order valence-electron chi connectivity index (χ1n) is 6.57. The number of carbonyl (C=O) groups is 2. The molecule has 0 aromatic heterocycles. The predicted octanol–water partition coefficient (Wildman–Crippen LogP) is 1.91. The van der Waals surface area contributed by atoms with Crippen molar-refractivity contribution in [1.29, 1.82) is 0 Å². The van der Waals surface area contributed by atoms with Gasteiger partial charge in [-0.05, 0) is 31.6 Å². The van der Waals surface area contributed by atoms with Crippen LogP contribution in [0.4, 0.5) is 0 Å². The number of amides is 1. The van der Waals surface area contributed by atoms with Crippen molar-refractivity contribution in [3.63, 3.8) is 0 Å². The van der Waals surface area contributed by atoms with Gasteiger partial charge in [-0.15, -0.1) is 0 Å². The lowest BCUT2D eigenvalue weighted by Crippen LogP contribution is -2.47. The fraction of sp³-hybridized carbons (Fsp3) is 0.267. The highest BCUT2D eigenvalue weighted by Crippen LogP contribution is 2.33. The van der Waals surface area contributed by atoms with E-state index in [0.717, 1.165) is 5.56 Å². The van der Waals surface area contributed by atoms with Crippen molar-refractivity contribution in [2.45, 2.75) is 19.9 Å². The van der Waals surface area contributed by atoms with Gasteiger partial charge in [-0.1, -0.05) is 30.3 Å². The molecule has 0 unspecified atom stereocenters. The van der Waals surface area contributed by atoms with E-state index in [2.05, 4.69) is 5.32 Å². The Bertz CT molecular complexity index is 598. The fourth-order valence-electron chi connectivity index (χ4n) is 2.30. The molecule has 2 rings (SSSR count). The Morgan fingerprint density at radius 2 is 2.10 bits per heavy atom. The lowest BCUT2D eigenvalue weighted by atomic mass is 9.94. The summed E-state index contributed by atoms with van der Waals surface area (Å²) in [7, 11) is 0. The van der Waals surface area contributed by atoms with Gasteiger partial charge in [0.05, 0.1) is 18.2 Å². The van der Waals surface area contributed by atoms with Crippen LogP contribution in [-0.4, -0.2) is 29.0 Å². The highest BCUT2D eigenvalue weighted by molar-refractivity contribution is 7.80. The van der Waals surface area contributed by atoms with Crippen LogP contribution >= 0.6 is 12.2 Å². The maximum absolute atomic E-state index is 12.3. The summed E-state index contributed by atoms with van der Waals surface area (Å²) in [6.45, 7) is 3.75. The summed E-state index contributed by atoms with van der Waals surface area (Å²) in [6, 6.07) is 8.69. The molecule has 1 aromatic carbocycles. The Balaban J connectivity index is 2.55. The Labute approximate surface area is 128 Å². The van der Waals surface area contributed by atoms with E-state index in [-0.39, 0.29) is 11.7 Å². The molecule has 1 aromatic rings. The van der Waals surface area contributed by atoms with Crippen LogP contribution in [0.1, 0.15) is 25.5 Å². The second-order valence-electron chi connectivity index (χ2n) is 4.52. The van der Waals surface area contributed by atoms with Gasteiger partial charge in [0.1, 0.15) is 0 Å². The number of ether oxygens (including phenoxy) is 1. The molecule has 1 heterocycles. The van der Waals surface area contributed by atoms with E-state index in [1.54, 1.807) is 13.8 Å². The standard InChI is InChI=1S/C15H16N2O3S/c1-3-20-14(19)12-10(2)16-15(21)17(9-18)13(12)11-7-5-4-6-8-11/h4-9,13H,3H2,1-2H3,(H,16,21)/t13-/m1/s1. The van der Waals surface area contributed by atoms with E-state index in [1.807, 2.05) is 30.3 Å². The van der Waals surface area contributed by atoms with Gasteiger partial charge in [-0.2, -0.15) is 0 Å². The first-order valence-corrected chi connectivity index (χ1v) is 6.98. The second kappa shape index (κ2) is 6.49. The number of carbonyl (C=O) groups excluding carboxylic acids is 2. The Hall–Kier alpha value is -2.21. The molecule has 0 bridgehead atoms. The zero-order valence-electron chi connectivity index (χ0n) is 11.8. The van der Waals surface area contributed by atoms with E-state index >= 15 is 0 Å². The molecule has 110 valence electrons. The molecule has 1 N–H and O–H groups in total. The molecule has 1 aliphatic rings. The van der Waals surface area contributed by atoms with Gasteiger partial charge in [0.25, 0.3) is 0 Å². The van der Waals surface area contributed by atoms with Gasteiger partial charge in [0.15, 0.2) is 5.11 Å². The largest absolute Gasteiger partial charge is 0.463 e. The van der Waals surface area contributed by atoms with Crippen LogP contribution in [0.5, 0.6) is 0 Å². The Morgan fingerprint density at radius 1 is 1.43 bits per heavy atom. The summed E-state index contributed by atoms with van der Waals surface area (Å²) in [5, 5.41) is 3.14. The predicted molar refractivity (Wildman–Crippen MR) is 82.2 cm³/mol. The molecule has 0 fully saturated rings. The average Bonchev–Trinajstić information content (AvgIpc) is 2.47. The monoisotopic (exact) mass is 304 g/mol. The zero-order chi connectivity index (χ0) is 15.4. The van der Waals surface area contributed by atoms with Crippen molar-refractivity contribution in [3.05, 3.63) is 47.2 Å². The zero-order valence-corrected chi connectivity index (χ0v) is 12.6. The third-order valence-electron chi connectivity index (χ3n) is 3.21. The maximum atomic E-state index is 12.3. The van der Waals surface area contributed by atoms with Crippen molar-refractivity contribution < 1.29 is 14.3 Å². The normalized spacial score (nSPS) is 18.3. The number of thiocarbonyl (C=S) groups is 1. The molecule has 1 aliphatic heterocycles. The molecule has 21 heavy (non-hydrogen) atoms. The summed E-state index contributed by atoms with van der Waals surface area (Å²) in [4.78, 5) is 25.0. The minimum atomic E-state index is -0.573. The van der Waals surface area contributed by atoms with Crippen molar-refractivity contribution in [2.75, 3.05) is 6.61 Å². The average molecular weight is 304 g/mol. The van der Waals surface area contributed by atoms with Crippen LogP contribution in [0.3, 0.4) is 0 Å².